The number of hydrogen-bond donors (Lipinski definition) is 1. The van der Waals surface area contributed by atoms with Gasteiger partial charge >= 0.3 is 0 Å². The highest BCUT2D eigenvalue weighted by Crippen LogP contribution is 2.28. The van der Waals surface area contributed by atoms with Gasteiger partial charge in [0.15, 0.2) is 0 Å². The largest absolute Gasteiger partial charge is 0.490 e. The van der Waals surface area contributed by atoms with Crippen LogP contribution in [0.25, 0.3) is 0 Å². The van der Waals surface area contributed by atoms with E-state index in [4.69, 9.17) is 4.74 Å². The standard InChI is InChI=1S/C15H21NOS/c1-2-8-16-15(6-1)12-4-3-5-13(10-12)17-14-7-9-18-11-14/h3-5,10,14-16H,1-2,6-9,11H2. The highest BCUT2D eigenvalue weighted by Gasteiger charge is 2.18. The van der Waals surface area contributed by atoms with Crippen LogP contribution in [0.5, 0.6) is 5.75 Å². The monoisotopic (exact) mass is 263 g/mol. The van der Waals surface area contributed by atoms with Gasteiger partial charge in [-0.3, -0.25) is 0 Å². The maximum absolute atomic E-state index is 6.06. The topological polar surface area (TPSA) is 21.3 Å². The average Bonchev–Trinajstić information content (AvgIpc) is 2.93. The van der Waals surface area contributed by atoms with Crippen molar-refractivity contribution in [1.82, 2.24) is 5.32 Å². The summed E-state index contributed by atoms with van der Waals surface area (Å²) in [5.41, 5.74) is 1.39. The van der Waals surface area contributed by atoms with Gasteiger partial charge in [-0.1, -0.05) is 18.6 Å². The lowest BCUT2D eigenvalue weighted by atomic mass is 9.97. The smallest absolute Gasteiger partial charge is 0.120 e. The molecular formula is C15H21NOS. The van der Waals surface area contributed by atoms with Crippen molar-refractivity contribution in [2.75, 3.05) is 18.1 Å². The van der Waals surface area contributed by atoms with Crippen LogP contribution in [-0.2, 0) is 0 Å². The summed E-state index contributed by atoms with van der Waals surface area (Å²) in [5, 5.41) is 3.60. The van der Waals surface area contributed by atoms with Crippen molar-refractivity contribution in [3.63, 3.8) is 0 Å². The molecule has 2 unspecified atom stereocenters. The fourth-order valence-corrected chi connectivity index (χ4v) is 3.83. The molecule has 0 radical (unpaired) electrons. The zero-order chi connectivity index (χ0) is 12.2. The molecule has 3 rings (SSSR count). The quantitative estimate of drug-likeness (QED) is 0.903. The number of nitrogens with one attached hydrogen (secondary N) is 1. The highest BCUT2D eigenvalue weighted by atomic mass is 32.2. The van der Waals surface area contributed by atoms with E-state index in [0.717, 1.165) is 18.0 Å². The molecule has 0 amide bonds. The molecule has 2 fully saturated rings. The molecule has 98 valence electrons. The summed E-state index contributed by atoms with van der Waals surface area (Å²) in [4.78, 5) is 0. The molecule has 1 aromatic carbocycles. The van der Waals surface area contributed by atoms with Gasteiger partial charge in [-0.25, -0.2) is 0 Å². The van der Waals surface area contributed by atoms with Crippen molar-refractivity contribution in [3.05, 3.63) is 29.8 Å². The molecule has 2 saturated heterocycles. The van der Waals surface area contributed by atoms with Crippen molar-refractivity contribution in [2.24, 2.45) is 0 Å². The maximum Gasteiger partial charge on any atom is 0.120 e. The molecule has 2 nitrogen and oxygen atoms in total. The molecule has 0 aromatic heterocycles. The van der Waals surface area contributed by atoms with Crippen LogP contribution in [0.1, 0.15) is 37.3 Å². The van der Waals surface area contributed by atoms with Crippen molar-refractivity contribution in [1.29, 1.82) is 0 Å². The van der Waals surface area contributed by atoms with E-state index in [2.05, 4.69) is 29.6 Å². The third kappa shape index (κ3) is 3.01. The molecule has 0 bridgehead atoms. The minimum absolute atomic E-state index is 0.421. The summed E-state index contributed by atoms with van der Waals surface area (Å²) < 4.78 is 6.06. The summed E-state index contributed by atoms with van der Waals surface area (Å²) >= 11 is 2.00. The summed E-state index contributed by atoms with van der Waals surface area (Å²) in [6, 6.07) is 9.20. The number of hydrogen-bond acceptors (Lipinski definition) is 3. The fraction of sp³-hybridized carbons (Fsp3) is 0.600. The third-order valence-corrected chi connectivity index (χ3v) is 4.89. The molecule has 0 aliphatic carbocycles. The lowest BCUT2D eigenvalue weighted by molar-refractivity contribution is 0.229. The van der Waals surface area contributed by atoms with Gasteiger partial charge in [0.1, 0.15) is 11.9 Å². The van der Waals surface area contributed by atoms with Crippen molar-refractivity contribution in [2.45, 2.75) is 37.8 Å². The summed E-state index contributed by atoms with van der Waals surface area (Å²) in [6.07, 6.45) is 5.51. The fourth-order valence-electron chi connectivity index (χ4n) is 2.74. The van der Waals surface area contributed by atoms with Crippen molar-refractivity contribution < 1.29 is 4.74 Å². The Bertz CT molecular complexity index is 384. The Hall–Kier alpha value is -0.670. The molecule has 0 saturated carbocycles. The van der Waals surface area contributed by atoms with E-state index in [1.165, 1.54) is 37.0 Å². The summed E-state index contributed by atoms with van der Waals surface area (Å²) in [6.45, 7) is 1.15. The second-order valence-electron chi connectivity index (χ2n) is 5.18. The van der Waals surface area contributed by atoms with Gasteiger partial charge in [-0.2, -0.15) is 11.8 Å². The second kappa shape index (κ2) is 5.98. The molecule has 0 spiro atoms. The predicted octanol–water partition coefficient (Wildman–Crippen LogP) is 3.39. The molecule has 2 atom stereocenters. The number of ether oxygens (including phenoxy) is 1. The van der Waals surface area contributed by atoms with Gasteiger partial charge in [0.2, 0.25) is 0 Å². The number of piperidine rings is 1. The molecular weight excluding hydrogens is 242 g/mol. The van der Waals surface area contributed by atoms with Crippen molar-refractivity contribution >= 4 is 11.8 Å². The molecule has 2 heterocycles. The minimum atomic E-state index is 0.421. The number of benzene rings is 1. The van der Waals surface area contributed by atoms with Crippen LogP contribution in [0.2, 0.25) is 0 Å². The zero-order valence-corrected chi connectivity index (χ0v) is 11.5. The van der Waals surface area contributed by atoms with Crippen molar-refractivity contribution in [3.8, 4) is 5.75 Å². The van der Waals surface area contributed by atoms with E-state index in [1.54, 1.807) is 0 Å². The maximum atomic E-state index is 6.06. The van der Waals surface area contributed by atoms with E-state index in [0.29, 0.717) is 12.1 Å². The second-order valence-corrected chi connectivity index (χ2v) is 6.33. The van der Waals surface area contributed by atoms with Gasteiger partial charge in [-0.15, -0.1) is 0 Å². The van der Waals surface area contributed by atoms with Gasteiger partial charge in [0.25, 0.3) is 0 Å². The first-order valence-electron chi connectivity index (χ1n) is 6.99. The summed E-state index contributed by atoms with van der Waals surface area (Å²) in [7, 11) is 0. The van der Waals surface area contributed by atoms with Gasteiger partial charge in [-0.05, 0) is 49.3 Å². The lowest BCUT2D eigenvalue weighted by Crippen LogP contribution is -2.26. The first-order valence-corrected chi connectivity index (χ1v) is 8.15. The van der Waals surface area contributed by atoms with Crippen LogP contribution in [0.3, 0.4) is 0 Å². The molecule has 2 aliphatic rings. The van der Waals surface area contributed by atoms with E-state index < -0.39 is 0 Å². The Labute approximate surface area is 113 Å². The Kier molecular flexibility index (Phi) is 4.11. The lowest BCUT2D eigenvalue weighted by Gasteiger charge is -2.24. The van der Waals surface area contributed by atoms with Crippen LogP contribution < -0.4 is 10.1 Å². The Morgan fingerprint density at radius 2 is 2.22 bits per heavy atom. The van der Waals surface area contributed by atoms with E-state index in [-0.39, 0.29) is 0 Å². The van der Waals surface area contributed by atoms with Crippen LogP contribution in [0.15, 0.2) is 24.3 Å². The van der Waals surface area contributed by atoms with Crippen LogP contribution in [-0.4, -0.2) is 24.2 Å². The summed E-state index contributed by atoms with van der Waals surface area (Å²) in [5.74, 6) is 3.44. The molecule has 1 aromatic rings. The molecule has 1 N–H and O–H groups in total. The van der Waals surface area contributed by atoms with Crippen LogP contribution in [0.4, 0.5) is 0 Å². The van der Waals surface area contributed by atoms with Crippen LogP contribution in [0, 0.1) is 0 Å². The van der Waals surface area contributed by atoms with E-state index in [1.807, 2.05) is 11.8 Å². The third-order valence-electron chi connectivity index (χ3n) is 3.76. The Morgan fingerprint density at radius 1 is 1.22 bits per heavy atom. The molecule has 2 aliphatic heterocycles. The first kappa shape index (κ1) is 12.4. The number of rotatable bonds is 3. The predicted molar refractivity (Wildman–Crippen MR) is 77.4 cm³/mol. The Balaban J connectivity index is 1.67. The van der Waals surface area contributed by atoms with Gasteiger partial charge in [0.05, 0.1) is 0 Å². The van der Waals surface area contributed by atoms with E-state index in [9.17, 15) is 0 Å². The van der Waals surface area contributed by atoms with Crippen LogP contribution >= 0.6 is 11.8 Å². The minimum Gasteiger partial charge on any atom is -0.490 e. The normalized spacial score (nSPS) is 28.2. The molecule has 18 heavy (non-hydrogen) atoms. The highest BCUT2D eigenvalue weighted by molar-refractivity contribution is 7.99. The SMILES string of the molecule is c1cc(OC2CCSC2)cc(C2CCCCN2)c1. The van der Waals surface area contributed by atoms with Gasteiger partial charge in [0, 0.05) is 11.8 Å². The Morgan fingerprint density at radius 3 is 3.00 bits per heavy atom. The van der Waals surface area contributed by atoms with Gasteiger partial charge < -0.3 is 10.1 Å². The zero-order valence-electron chi connectivity index (χ0n) is 10.7. The molecule has 3 heteroatoms. The first-order chi connectivity index (χ1) is 8.92. The number of thioether (sulfide) groups is 1. The van der Waals surface area contributed by atoms with E-state index >= 15 is 0 Å². The average molecular weight is 263 g/mol.